The molecule has 0 aromatic heterocycles. The predicted octanol–water partition coefficient (Wildman–Crippen LogP) is 11.0. The van der Waals surface area contributed by atoms with Gasteiger partial charge in [-0.25, -0.2) is 4.18 Å². The fraction of sp³-hybridized carbons (Fsp3) is 0.938. The molecule has 4 N–H and O–H groups in total. The van der Waals surface area contributed by atoms with Crippen LogP contribution >= 0.6 is 0 Å². The maximum absolute atomic E-state index is 12.9. The van der Waals surface area contributed by atoms with Crippen LogP contribution in [0, 0.1) is 0 Å². The Balaban J connectivity index is 2.37. The third kappa shape index (κ3) is 33.9. The van der Waals surface area contributed by atoms with Crippen molar-refractivity contribution in [1.29, 1.82) is 0 Å². The third-order valence-electron chi connectivity index (χ3n) is 11.6. The van der Waals surface area contributed by atoms with Gasteiger partial charge in [0, 0.05) is 13.0 Å². The summed E-state index contributed by atoms with van der Waals surface area (Å²) in [5.41, 5.74) is 0. The number of carbonyl (C=O) groups is 1. The van der Waals surface area contributed by atoms with Gasteiger partial charge >= 0.3 is 16.4 Å². The summed E-state index contributed by atoms with van der Waals surface area (Å²) >= 11 is 0. The minimum absolute atomic E-state index is 0.0403. The van der Waals surface area contributed by atoms with Crippen LogP contribution in [-0.4, -0.2) is 97.5 Å². The lowest BCUT2D eigenvalue weighted by atomic mass is 9.99. The molecule has 13 heteroatoms. The zero-order valence-electron chi connectivity index (χ0n) is 38.7. The van der Waals surface area contributed by atoms with Crippen molar-refractivity contribution in [2.45, 2.75) is 263 Å². The van der Waals surface area contributed by atoms with Gasteiger partial charge in [-0.3, -0.25) is 9.35 Å². The first kappa shape index (κ1) is 57.9. The Labute approximate surface area is 372 Å². The average molecular weight is 893 g/mol. The zero-order valence-corrected chi connectivity index (χ0v) is 39.6. The first-order valence-corrected chi connectivity index (χ1v) is 26.3. The molecular weight excluding hydrogens is 801 g/mol. The molecule has 0 aromatic rings. The quantitative estimate of drug-likeness (QED) is 0.0197. The highest BCUT2D eigenvalue weighted by molar-refractivity contribution is 7.80. The summed E-state index contributed by atoms with van der Waals surface area (Å²) in [5.74, 6) is -0.399. The molecule has 0 aliphatic carbocycles. The van der Waals surface area contributed by atoms with Crippen LogP contribution < -0.4 is 0 Å². The van der Waals surface area contributed by atoms with Crippen LogP contribution in [0.1, 0.15) is 226 Å². The van der Waals surface area contributed by atoms with E-state index in [0.717, 1.165) is 44.9 Å². The Kier molecular flexibility index (Phi) is 38.3. The standard InChI is InChI=1S/C48H92O12S/c1-3-5-7-9-11-13-15-17-19-21-22-23-25-27-29-31-33-35-37-44(50)58-42(41-57-48-46(52)47(60-61(53,54)55)45(51)43(39-49)59-48)40-56-38-36-34-32-30-28-26-24-20-18-16-14-12-10-8-6-4-2/h19,21,42-43,45-49,51-52H,3-18,20,22-41H2,1-2H3,(H,53,54,55)/b21-19-. The maximum Gasteiger partial charge on any atom is 0.397 e. The molecule has 12 nitrogen and oxygen atoms in total. The fourth-order valence-corrected chi connectivity index (χ4v) is 8.35. The van der Waals surface area contributed by atoms with Gasteiger partial charge in [-0.15, -0.1) is 0 Å². The molecule has 362 valence electrons. The molecule has 0 spiro atoms. The molecule has 1 fully saturated rings. The number of hydrogen-bond acceptors (Lipinski definition) is 11. The predicted molar refractivity (Wildman–Crippen MR) is 244 cm³/mol. The summed E-state index contributed by atoms with van der Waals surface area (Å²) in [7, 11) is -5.06. The Bertz CT molecular complexity index is 1120. The second kappa shape index (κ2) is 40.4. The molecule has 0 radical (unpaired) electrons. The van der Waals surface area contributed by atoms with Gasteiger partial charge in [0.05, 0.1) is 19.8 Å². The molecule has 0 saturated carbocycles. The molecular formula is C48H92O12S. The van der Waals surface area contributed by atoms with Crippen LogP contribution in [0.15, 0.2) is 12.2 Å². The molecule has 1 heterocycles. The summed E-state index contributed by atoms with van der Waals surface area (Å²) in [6.45, 7) is 4.03. The van der Waals surface area contributed by atoms with Gasteiger partial charge in [-0.05, 0) is 38.5 Å². The lowest BCUT2D eigenvalue weighted by Crippen LogP contribution is -2.60. The van der Waals surface area contributed by atoms with E-state index in [4.69, 9.17) is 18.9 Å². The highest BCUT2D eigenvalue weighted by Crippen LogP contribution is 2.26. The van der Waals surface area contributed by atoms with E-state index in [1.807, 2.05) is 0 Å². The van der Waals surface area contributed by atoms with Gasteiger partial charge in [-0.1, -0.05) is 193 Å². The maximum atomic E-state index is 12.9. The van der Waals surface area contributed by atoms with Gasteiger partial charge in [-0.2, -0.15) is 8.42 Å². The van der Waals surface area contributed by atoms with Crippen molar-refractivity contribution in [3.63, 3.8) is 0 Å². The number of hydrogen-bond donors (Lipinski definition) is 4. The van der Waals surface area contributed by atoms with Crippen LogP contribution in [0.25, 0.3) is 0 Å². The van der Waals surface area contributed by atoms with Crippen LogP contribution in [-0.2, 0) is 38.3 Å². The molecule has 0 bridgehead atoms. The Hall–Kier alpha value is -1.16. The fourth-order valence-electron chi connectivity index (χ4n) is 7.85. The van der Waals surface area contributed by atoms with Gasteiger partial charge in [0.25, 0.3) is 0 Å². The van der Waals surface area contributed by atoms with Crippen molar-refractivity contribution in [3.05, 3.63) is 12.2 Å². The molecule has 61 heavy (non-hydrogen) atoms. The van der Waals surface area contributed by atoms with E-state index in [1.54, 1.807) is 0 Å². The number of allylic oxidation sites excluding steroid dienone is 2. The molecule has 1 saturated heterocycles. The third-order valence-corrected chi connectivity index (χ3v) is 12.1. The largest absolute Gasteiger partial charge is 0.457 e. The lowest BCUT2D eigenvalue weighted by Gasteiger charge is -2.41. The Morgan fingerprint density at radius 2 is 1.03 bits per heavy atom. The second-order valence-corrected chi connectivity index (χ2v) is 18.5. The molecule has 1 rings (SSSR count). The van der Waals surface area contributed by atoms with Crippen molar-refractivity contribution < 1.29 is 56.2 Å². The molecule has 6 unspecified atom stereocenters. The first-order chi connectivity index (χ1) is 29.6. The van der Waals surface area contributed by atoms with Crippen LogP contribution in [0.3, 0.4) is 0 Å². The van der Waals surface area contributed by atoms with E-state index < -0.39 is 59.8 Å². The zero-order chi connectivity index (χ0) is 44.7. The average Bonchev–Trinajstić information content (AvgIpc) is 3.23. The molecule has 0 aromatic carbocycles. The number of carbonyl (C=O) groups excluding carboxylic acids is 1. The highest BCUT2D eigenvalue weighted by atomic mass is 32.3. The summed E-state index contributed by atoms with van der Waals surface area (Å²) < 4.78 is 59.2. The van der Waals surface area contributed by atoms with Crippen LogP contribution in [0.2, 0.25) is 0 Å². The van der Waals surface area contributed by atoms with E-state index in [2.05, 4.69) is 30.2 Å². The Morgan fingerprint density at radius 3 is 1.48 bits per heavy atom. The molecule has 0 amide bonds. The smallest absolute Gasteiger partial charge is 0.397 e. The number of ether oxygens (including phenoxy) is 4. The minimum Gasteiger partial charge on any atom is -0.457 e. The van der Waals surface area contributed by atoms with Crippen molar-refractivity contribution in [1.82, 2.24) is 0 Å². The monoisotopic (exact) mass is 893 g/mol. The Morgan fingerprint density at radius 1 is 0.607 bits per heavy atom. The SMILES string of the molecule is CCCCCCCCC/C=C\CCCCCCCCCC(=O)OC(COCCCCCCCCCCCCCCCCCC)COC1OC(CO)C(O)C(OS(=O)(=O)O)C1O. The number of esters is 1. The molecule has 1 aliphatic rings. The van der Waals surface area contributed by atoms with Crippen LogP contribution in [0.5, 0.6) is 0 Å². The van der Waals surface area contributed by atoms with Crippen molar-refractivity contribution in [2.75, 3.05) is 26.4 Å². The first-order valence-electron chi connectivity index (χ1n) is 24.9. The highest BCUT2D eigenvalue weighted by Gasteiger charge is 2.48. The van der Waals surface area contributed by atoms with Gasteiger partial charge in [0.1, 0.15) is 30.5 Å². The summed E-state index contributed by atoms with van der Waals surface area (Å²) in [4.78, 5) is 12.9. The second-order valence-electron chi connectivity index (χ2n) is 17.4. The summed E-state index contributed by atoms with van der Waals surface area (Å²) in [6, 6.07) is 0. The van der Waals surface area contributed by atoms with Crippen molar-refractivity contribution >= 4 is 16.4 Å². The number of rotatable bonds is 44. The normalized spacial score (nSPS) is 20.1. The topological polar surface area (TPSA) is 178 Å². The summed E-state index contributed by atoms with van der Waals surface area (Å²) in [5, 5.41) is 30.7. The number of aliphatic hydroxyl groups excluding tert-OH is 3. The molecule has 1 aliphatic heterocycles. The number of aliphatic hydroxyl groups is 3. The van der Waals surface area contributed by atoms with E-state index in [9.17, 15) is 33.1 Å². The van der Waals surface area contributed by atoms with Crippen molar-refractivity contribution in [2.24, 2.45) is 0 Å². The van der Waals surface area contributed by atoms with E-state index in [0.29, 0.717) is 13.0 Å². The number of unbranched alkanes of at least 4 members (excludes halogenated alkanes) is 29. The summed E-state index contributed by atoms with van der Waals surface area (Å²) in [6.07, 6.45) is 35.2. The minimum atomic E-state index is -5.06. The van der Waals surface area contributed by atoms with Gasteiger partial charge in [0.2, 0.25) is 0 Å². The van der Waals surface area contributed by atoms with E-state index >= 15 is 0 Å². The van der Waals surface area contributed by atoms with E-state index in [-0.39, 0.29) is 19.6 Å². The lowest BCUT2D eigenvalue weighted by molar-refractivity contribution is -0.301. The van der Waals surface area contributed by atoms with Gasteiger partial charge < -0.3 is 34.3 Å². The van der Waals surface area contributed by atoms with Crippen LogP contribution in [0.4, 0.5) is 0 Å². The van der Waals surface area contributed by atoms with E-state index in [1.165, 1.54) is 154 Å². The van der Waals surface area contributed by atoms with Crippen molar-refractivity contribution in [3.8, 4) is 0 Å². The molecule has 6 atom stereocenters. The van der Waals surface area contributed by atoms with Gasteiger partial charge in [0.15, 0.2) is 6.29 Å².